The molecule has 2 aromatic carbocycles. The summed E-state index contributed by atoms with van der Waals surface area (Å²) >= 11 is 0. The van der Waals surface area contributed by atoms with Crippen LogP contribution in [0.3, 0.4) is 0 Å². The van der Waals surface area contributed by atoms with Crippen LogP contribution in [0.1, 0.15) is 0 Å². The van der Waals surface area contributed by atoms with E-state index in [0.717, 1.165) is 12.1 Å². The van der Waals surface area contributed by atoms with Crippen LogP contribution in [0.15, 0.2) is 36.4 Å². The molecule has 1 aliphatic rings. The highest BCUT2D eigenvalue weighted by Crippen LogP contribution is 2.34. The Bertz CT molecular complexity index is 722. The Kier molecular flexibility index (Phi) is 3.78. The van der Waals surface area contributed by atoms with E-state index in [4.69, 9.17) is 9.47 Å². The van der Waals surface area contributed by atoms with Crippen molar-refractivity contribution in [1.82, 2.24) is 0 Å². The Morgan fingerprint density at radius 3 is 2.59 bits per heavy atom. The van der Waals surface area contributed by atoms with Crippen LogP contribution in [0.25, 0.3) is 0 Å². The molecule has 2 N–H and O–H groups in total. The molecular weight excluding hydrogens is 294 g/mol. The van der Waals surface area contributed by atoms with Crippen LogP contribution in [0.5, 0.6) is 11.5 Å². The summed E-state index contributed by atoms with van der Waals surface area (Å²) in [6.07, 6.45) is 0. The number of benzene rings is 2. The molecule has 0 bridgehead atoms. The first-order chi connectivity index (χ1) is 10.6. The molecule has 0 aliphatic carbocycles. The monoisotopic (exact) mass is 306 g/mol. The molecule has 1 amide bonds. The molecule has 0 fully saturated rings. The number of halogens is 2. The summed E-state index contributed by atoms with van der Waals surface area (Å²) in [6, 6.07) is 8.37. The third-order valence-electron chi connectivity index (χ3n) is 3.03. The van der Waals surface area contributed by atoms with Gasteiger partial charge in [-0.2, -0.15) is 0 Å². The Morgan fingerprint density at radius 1 is 1.00 bits per heavy atom. The fraction of sp³-hybridized carbons (Fsp3) is 0.133. The van der Waals surface area contributed by atoms with Crippen molar-refractivity contribution in [3.05, 3.63) is 48.0 Å². The van der Waals surface area contributed by atoms with Crippen LogP contribution >= 0.6 is 0 Å². The SMILES string of the molecule is O=C(CNc1ccc2c(c1)OCO2)Nc1ccc(F)c(F)c1. The van der Waals surface area contributed by atoms with Gasteiger partial charge in [0.1, 0.15) is 0 Å². The number of carbonyl (C=O) groups is 1. The third kappa shape index (κ3) is 3.08. The molecule has 0 radical (unpaired) electrons. The summed E-state index contributed by atoms with van der Waals surface area (Å²) in [5.41, 5.74) is 0.876. The smallest absolute Gasteiger partial charge is 0.243 e. The molecule has 0 spiro atoms. The average molecular weight is 306 g/mol. The van der Waals surface area contributed by atoms with E-state index in [1.54, 1.807) is 18.2 Å². The van der Waals surface area contributed by atoms with E-state index < -0.39 is 11.6 Å². The number of anilines is 2. The summed E-state index contributed by atoms with van der Waals surface area (Å²) < 4.78 is 36.2. The van der Waals surface area contributed by atoms with Crippen molar-refractivity contribution in [3.8, 4) is 11.5 Å². The molecule has 0 atom stereocenters. The maximum atomic E-state index is 13.0. The topological polar surface area (TPSA) is 59.6 Å². The first kappa shape index (κ1) is 14.1. The van der Waals surface area contributed by atoms with E-state index in [9.17, 15) is 13.6 Å². The zero-order valence-electron chi connectivity index (χ0n) is 11.4. The summed E-state index contributed by atoms with van der Waals surface area (Å²) in [7, 11) is 0. The van der Waals surface area contributed by atoms with Crippen molar-refractivity contribution in [2.45, 2.75) is 0 Å². The minimum absolute atomic E-state index is 0.0291. The number of hydrogen-bond donors (Lipinski definition) is 2. The quantitative estimate of drug-likeness (QED) is 0.912. The van der Waals surface area contributed by atoms with Crippen LogP contribution in [0, 0.1) is 11.6 Å². The molecule has 0 saturated heterocycles. The first-order valence-corrected chi connectivity index (χ1v) is 6.50. The van der Waals surface area contributed by atoms with Gasteiger partial charge in [0.25, 0.3) is 0 Å². The van der Waals surface area contributed by atoms with Gasteiger partial charge in [-0.25, -0.2) is 8.78 Å². The first-order valence-electron chi connectivity index (χ1n) is 6.50. The van der Waals surface area contributed by atoms with E-state index in [0.29, 0.717) is 17.2 Å². The Morgan fingerprint density at radius 2 is 1.77 bits per heavy atom. The number of nitrogens with one attached hydrogen (secondary N) is 2. The number of carbonyl (C=O) groups excluding carboxylic acids is 1. The number of hydrogen-bond acceptors (Lipinski definition) is 4. The van der Waals surface area contributed by atoms with Crippen molar-refractivity contribution in [2.75, 3.05) is 24.0 Å². The molecule has 0 aromatic heterocycles. The van der Waals surface area contributed by atoms with Crippen LogP contribution in [0.4, 0.5) is 20.2 Å². The molecule has 0 unspecified atom stereocenters. The molecule has 5 nitrogen and oxygen atoms in total. The molecule has 1 heterocycles. The van der Waals surface area contributed by atoms with Gasteiger partial charge in [-0.15, -0.1) is 0 Å². The fourth-order valence-corrected chi connectivity index (χ4v) is 1.97. The lowest BCUT2D eigenvalue weighted by Crippen LogP contribution is -2.21. The Balaban J connectivity index is 1.57. The number of ether oxygens (including phenoxy) is 2. The molecule has 7 heteroatoms. The summed E-state index contributed by atoms with van der Waals surface area (Å²) in [5, 5.41) is 5.37. The summed E-state index contributed by atoms with van der Waals surface area (Å²) in [4.78, 5) is 11.8. The predicted octanol–water partition coefficient (Wildman–Crippen LogP) is 2.74. The molecule has 3 rings (SSSR count). The molecule has 2 aromatic rings. The van der Waals surface area contributed by atoms with Crippen molar-refractivity contribution in [3.63, 3.8) is 0 Å². The van der Waals surface area contributed by atoms with Crippen LogP contribution in [-0.4, -0.2) is 19.2 Å². The second kappa shape index (κ2) is 5.88. The van der Waals surface area contributed by atoms with Gasteiger partial charge >= 0.3 is 0 Å². The summed E-state index contributed by atoms with van der Waals surface area (Å²) in [6.45, 7) is 0.147. The van der Waals surface area contributed by atoms with Crippen molar-refractivity contribution in [1.29, 1.82) is 0 Å². The van der Waals surface area contributed by atoms with Crippen molar-refractivity contribution in [2.24, 2.45) is 0 Å². The largest absolute Gasteiger partial charge is 0.454 e. The van der Waals surface area contributed by atoms with Gasteiger partial charge in [0, 0.05) is 23.5 Å². The molecule has 22 heavy (non-hydrogen) atoms. The zero-order chi connectivity index (χ0) is 15.5. The molecule has 1 aliphatic heterocycles. The highest BCUT2D eigenvalue weighted by atomic mass is 19.2. The lowest BCUT2D eigenvalue weighted by atomic mass is 10.2. The molecule has 0 saturated carbocycles. The van der Waals surface area contributed by atoms with E-state index in [2.05, 4.69) is 10.6 Å². The van der Waals surface area contributed by atoms with Gasteiger partial charge in [0.05, 0.1) is 6.54 Å². The molecule has 114 valence electrons. The van der Waals surface area contributed by atoms with Crippen LogP contribution in [-0.2, 0) is 4.79 Å². The van der Waals surface area contributed by atoms with Gasteiger partial charge in [-0.05, 0) is 24.3 Å². The normalized spacial score (nSPS) is 12.1. The minimum atomic E-state index is -1.01. The highest BCUT2D eigenvalue weighted by molar-refractivity contribution is 5.93. The van der Waals surface area contributed by atoms with Gasteiger partial charge in [-0.3, -0.25) is 4.79 Å². The van der Waals surface area contributed by atoms with Gasteiger partial charge in [0.2, 0.25) is 12.7 Å². The third-order valence-corrected chi connectivity index (χ3v) is 3.03. The fourth-order valence-electron chi connectivity index (χ4n) is 1.97. The summed E-state index contributed by atoms with van der Waals surface area (Å²) in [5.74, 6) is -1.11. The maximum absolute atomic E-state index is 13.0. The van der Waals surface area contributed by atoms with Crippen LogP contribution < -0.4 is 20.1 Å². The van der Waals surface area contributed by atoms with Crippen molar-refractivity contribution < 1.29 is 23.0 Å². The number of amides is 1. The van der Waals surface area contributed by atoms with E-state index in [-0.39, 0.29) is 24.9 Å². The molecular formula is C15H12F2N2O3. The van der Waals surface area contributed by atoms with E-state index in [1.807, 2.05) is 0 Å². The standard InChI is InChI=1S/C15H12F2N2O3/c16-11-3-1-10(5-12(11)17)19-15(20)7-18-9-2-4-13-14(6-9)22-8-21-13/h1-6,18H,7-8H2,(H,19,20). The number of fused-ring (bicyclic) bond motifs is 1. The van der Waals surface area contributed by atoms with E-state index in [1.165, 1.54) is 6.07 Å². The predicted molar refractivity (Wildman–Crippen MR) is 76.0 cm³/mol. The van der Waals surface area contributed by atoms with E-state index >= 15 is 0 Å². The highest BCUT2D eigenvalue weighted by Gasteiger charge is 2.13. The van der Waals surface area contributed by atoms with Gasteiger partial charge in [0.15, 0.2) is 23.1 Å². The second-order valence-corrected chi connectivity index (χ2v) is 4.60. The van der Waals surface area contributed by atoms with Gasteiger partial charge < -0.3 is 20.1 Å². The minimum Gasteiger partial charge on any atom is -0.454 e. The Hall–Kier alpha value is -2.83. The second-order valence-electron chi connectivity index (χ2n) is 4.60. The lowest BCUT2D eigenvalue weighted by Gasteiger charge is -2.08. The number of rotatable bonds is 4. The van der Waals surface area contributed by atoms with Gasteiger partial charge in [-0.1, -0.05) is 0 Å². The maximum Gasteiger partial charge on any atom is 0.243 e. The lowest BCUT2D eigenvalue weighted by molar-refractivity contribution is -0.114. The zero-order valence-corrected chi connectivity index (χ0v) is 11.4. The Labute approximate surface area is 124 Å². The van der Waals surface area contributed by atoms with Crippen molar-refractivity contribution >= 4 is 17.3 Å². The van der Waals surface area contributed by atoms with Crippen LogP contribution in [0.2, 0.25) is 0 Å². The average Bonchev–Trinajstić information content (AvgIpc) is 2.96.